The normalized spacial score (nSPS) is 17.2. The van der Waals surface area contributed by atoms with E-state index in [0.717, 1.165) is 5.56 Å². The van der Waals surface area contributed by atoms with Crippen LogP contribution in [0.25, 0.3) is 0 Å². The fourth-order valence-electron chi connectivity index (χ4n) is 2.10. The Morgan fingerprint density at radius 1 is 1.38 bits per heavy atom. The lowest BCUT2D eigenvalue weighted by molar-refractivity contribution is 0.0697. The zero-order valence-electron chi connectivity index (χ0n) is 10.8. The molecule has 3 rings (SSSR count). The fraction of sp³-hybridized carbons (Fsp3) is 0.143. The van der Waals surface area contributed by atoms with Crippen LogP contribution >= 0.6 is 11.6 Å². The first-order chi connectivity index (χ1) is 10.1. The maximum Gasteiger partial charge on any atom is 0.335 e. The van der Waals surface area contributed by atoms with Gasteiger partial charge < -0.3 is 5.11 Å². The molecule has 0 spiro atoms. The molecule has 106 valence electrons. The molecule has 2 aromatic rings. The van der Waals surface area contributed by atoms with Gasteiger partial charge in [0.05, 0.1) is 22.8 Å². The zero-order valence-corrected chi connectivity index (χ0v) is 11.6. The van der Waals surface area contributed by atoms with Gasteiger partial charge in [-0.15, -0.1) is 0 Å². The van der Waals surface area contributed by atoms with Crippen LogP contribution in [0.5, 0.6) is 0 Å². The molecular formula is C14H11ClN4O2. The molecule has 1 aliphatic rings. The Labute approximate surface area is 125 Å². The van der Waals surface area contributed by atoms with Crippen molar-refractivity contribution in [3.63, 3.8) is 0 Å². The van der Waals surface area contributed by atoms with Crippen LogP contribution in [-0.2, 0) is 0 Å². The highest BCUT2D eigenvalue weighted by atomic mass is 35.5. The summed E-state index contributed by atoms with van der Waals surface area (Å²) in [5.41, 5.74) is 1.65. The van der Waals surface area contributed by atoms with E-state index in [2.05, 4.69) is 15.3 Å². The van der Waals surface area contributed by atoms with Crippen molar-refractivity contribution >= 4 is 23.3 Å². The summed E-state index contributed by atoms with van der Waals surface area (Å²) in [7, 11) is 0. The number of carbonyl (C=O) groups is 1. The summed E-state index contributed by atoms with van der Waals surface area (Å²) in [4.78, 5) is 15.1. The number of nitrogens with zero attached hydrogens (tertiary/aromatic N) is 4. The number of carboxylic acids is 1. The van der Waals surface area contributed by atoms with Crippen LogP contribution in [0.1, 0.15) is 22.0 Å². The molecule has 0 aliphatic carbocycles. The van der Waals surface area contributed by atoms with Gasteiger partial charge in [0.15, 0.2) is 0 Å². The first kappa shape index (κ1) is 13.5. The Morgan fingerprint density at radius 2 is 2.24 bits per heavy atom. The Bertz CT molecular complexity index is 705. The largest absolute Gasteiger partial charge is 0.478 e. The maximum absolute atomic E-state index is 11.0. The van der Waals surface area contributed by atoms with Crippen LogP contribution in [0.2, 0.25) is 5.02 Å². The molecule has 1 aliphatic heterocycles. The summed E-state index contributed by atoms with van der Waals surface area (Å²) in [5, 5.41) is 19.4. The van der Waals surface area contributed by atoms with Crippen molar-refractivity contribution in [2.24, 2.45) is 10.3 Å². The SMILES string of the molecule is O=C(O)c1ccc(Cl)c(N2CC(c3cccnc3)N=N2)c1. The second-order valence-electron chi connectivity index (χ2n) is 4.56. The lowest BCUT2D eigenvalue weighted by Crippen LogP contribution is -2.17. The van der Waals surface area contributed by atoms with Gasteiger partial charge in [-0.25, -0.2) is 9.80 Å². The average Bonchev–Trinajstić information content (AvgIpc) is 2.98. The highest BCUT2D eigenvalue weighted by molar-refractivity contribution is 6.33. The van der Waals surface area contributed by atoms with Gasteiger partial charge in [0.2, 0.25) is 0 Å². The van der Waals surface area contributed by atoms with Crippen molar-refractivity contribution in [1.29, 1.82) is 0 Å². The summed E-state index contributed by atoms with van der Waals surface area (Å²) in [6.07, 6.45) is 3.43. The molecule has 0 saturated carbocycles. The second kappa shape index (κ2) is 5.49. The predicted octanol–water partition coefficient (Wildman–Crippen LogP) is 3.36. The average molecular weight is 303 g/mol. The molecule has 0 amide bonds. The molecule has 0 saturated heterocycles. The van der Waals surface area contributed by atoms with Crippen LogP contribution in [0, 0.1) is 0 Å². The number of carboxylic acid groups (broad SMARTS) is 1. The van der Waals surface area contributed by atoms with E-state index in [9.17, 15) is 4.79 Å². The third-order valence-corrected chi connectivity index (χ3v) is 3.50. The number of pyridine rings is 1. The summed E-state index contributed by atoms with van der Waals surface area (Å²) >= 11 is 6.13. The smallest absolute Gasteiger partial charge is 0.335 e. The van der Waals surface area contributed by atoms with Gasteiger partial charge in [-0.1, -0.05) is 22.9 Å². The first-order valence-corrected chi connectivity index (χ1v) is 6.64. The van der Waals surface area contributed by atoms with Gasteiger partial charge in [0.25, 0.3) is 0 Å². The number of hydrogen-bond acceptors (Lipinski definition) is 5. The zero-order chi connectivity index (χ0) is 14.8. The molecule has 1 aromatic carbocycles. The topological polar surface area (TPSA) is 78.1 Å². The van der Waals surface area contributed by atoms with Gasteiger partial charge in [0, 0.05) is 12.4 Å². The molecule has 0 fully saturated rings. The van der Waals surface area contributed by atoms with Crippen LogP contribution in [-0.4, -0.2) is 22.6 Å². The first-order valence-electron chi connectivity index (χ1n) is 6.26. The number of rotatable bonds is 3. The van der Waals surface area contributed by atoms with E-state index in [0.29, 0.717) is 17.3 Å². The van der Waals surface area contributed by atoms with E-state index < -0.39 is 5.97 Å². The van der Waals surface area contributed by atoms with Gasteiger partial charge in [-0.3, -0.25) is 4.98 Å². The standard InChI is InChI=1S/C14H11ClN4O2/c15-11-4-3-9(14(20)21)6-13(11)19-8-12(17-18-19)10-2-1-5-16-7-10/h1-7,12H,8H2,(H,20,21). The highest BCUT2D eigenvalue weighted by Crippen LogP contribution is 2.33. The third kappa shape index (κ3) is 2.71. The molecule has 0 radical (unpaired) electrons. The molecule has 1 atom stereocenters. The number of aromatic nitrogens is 1. The molecule has 21 heavy (non-hydrogen) atoms. The minimum absolute atomic E-state index is 0.136. The van der Waals surface area contributed by atoms with Gasteiger partial charge in [0.1, 0.15) is 6.04 Å². The van der Waals surface area contributed by atoms with E-state index in [1.165, 1.54) is 12.1 Å². The van der Waals surface area contributed by atoms with Crippen molar-refractivity contribution in [2.45, 2.75) is 6.04 Å². The second-order valence-corrected chi connectivity index (χ2v) is 4.97. The molecule has 1 N–H and O–H groups in total. The molecule has 7 heteroatoms. The summed E-state index contributed by atoms with van der Waals surface area (Å²) in [6, 6.07) is 8.13. The number of halogens is 1. The minimum atomic E-state index is -1.01. The van der Waals surface area contributed by atoms with Crippen molar-refractivity contribution in [3.8, 4) is 0 Å². The Balaban J connectivity index is 1.86. The quantitative estimate of drug-likeness (QED) is 0.943. The van der Waals surface area contributed by atoms with E-state index in [-0.39, 0.29) is 11.6 Å². The number of benzene rings is 1. The predicted molar refractivity (Wildman–Crippen MR) is 77.6 cm³/mol. The van der Waals surface area contributed by atoms with Crippen LogP contribution in [0.4, 0.5) is 5.69 Å². The van der Waals surface area contributed by atoms with Crippen molar-refractivity contribution in [1.82, 2.24) is 4.98 Å². The van der Waals surface area contributed by atoms with Crippen LogP contribution in [0.3, 0.4) is 0 Å². The van der Waals surface area contributed by atoms with Crippen LogP contribution in [0.15, 0.2) is 53.1 Å². The summed E-state index contributed by atoms with van der Waals surface area (Å²) in [6.45, 7) is 0.495. The summed E-state index contributed by atoms with van der Waals surface area (Å²) in [5.74, 6) is -1.01. The van der Waals surface area contributed by atoms with Gasteiger partial charge >= 0.3 is 5.97 Å². The maximum atomic E-state index is 11.0. The Kier molecular flexibility index (Phi) is 3.53. The lowest BCUT2D eigenvalue weighted by Gasteiger charge is -2.15. The van der Waals surface area contributed by atoms with Gasteiger partial charge in [-0.2, -0.15) is 5.11 Å². The third-order valence-electron chi connectivity index (χ3n) is 3.19. The van der Waals surface area contributed by atoms with Gasteiger partial charge in [-0.05, 0) is 29.8 Å². The number of hydrogen-bond donors (Lipinski definition) is 1. The molecule has 2 heterocycles. The molecule has 1 unspecified atom stereocenters. The van der Waals surface area contributed by atoms with E-state index in [4.69, 9.17) is 16.7 Å². The van der Waals surface area contributed by atoms with E-state index in [1.54, 1.807) is 23.5 Å². The minimum Gasteiger partial charge on any atom is -0.478 e. The lowest BCUT2D eigenvalue weighted by atomic mass is 10.1. The molecule has 6 nitrogen and oxygen atoms in total. The van der Waals surface area contributed by atoms with Crippen molar-refractivity contribution < 1.29 is 9.90 Å². The number of anilines is 1. The van der Waals surface area contributed by atoms with E-state index >= 15 is 0 Å². The van der Waals surface area contributed by atoms with E-state index in [1.807, 2.05) is 12.1 Å². The molecule has 1 aromatic heterocycles. The fourth-order valence-corrected chi connectivity index (χ4v) is 2.31. The monoisotopic (exact) mass is 302 g/mol. The molecular weight excluding hydrogens is 292 g/mol. The Hall–Kier alpha value is -2.47. The summed E-state index contributed by atoms with van der Waals surface area (Å²) < 4.78 is 0. The van der Waals surface area contributed by atoms with Crippen molar-refractivity contribution in [3.05, 3.63) is 58.9 Å². The highest BCUT2D eigenvalue weighted by Gasteiger charge is 2.24. The Morgan fingerprint density at radius 3 is 2.95 bits per heavy atom. The molecule has 0 bridgehead atoms. The van der Waals surface area contributed by atoms with Crippen LogP contribution < -0.4 is 5.01 Å². The number of aromatic carboxylic acids is 1. The van der Waals surface area contributed by atoms with Crippen molar-refractivity contribution in [2.75, 3.05) is 11.6 Å².